The Bertz CT molecular complexity index is 1090. The average Bonchev–Trinajstić information content (AvgIpc) is 2.77. The van der Waals surface area contributed by atoms with Gasteiger partial charge in [0.05, 0.1) is 0 Å². The van der Waals surface area contributed by atoms with E-state index in [2.05, 4.69) is 10.6 Å². The number of nitrogens with one attached hydrogen (secondary N) is 2. The third-order valence-electron chi connectivity index (χ3n) is 4.05. The lowest BCUT2D eigenvalue weighted by atomic mass is 10.1. The van der Waals surface area contributed by atoms with Gasteiger partial charge in [0.25, 0.3) is 11.8 Å². The lowest BCUT2D eigenvalue weighted by Gasteiger charge is -2.07. The number of nitriles is 2. The van der Waals surface area contributed by atoms with Gasteiger partial charge in [-0.3, -0.25) is 9.59 Å². The largest absolute Gasteiger partial charge is 0.504 e. The number of carbonyl (C=O) groups excluding carboxylic acids is 2. The Morgan fingerprint density at radius 2 is 1.09 bits per heavy atom. The number of aromatic hydroxyl groups is 4. The van der Waals surface area contributed by atoms with Gasteiger partial charge in [-0.15, -0.1) is 0 Å². The first kappa shape index (κ1) is 23.3. The zero-order valence-corrected chi connectivity index (χ0v) is 16.5. The number of phenolic OH excluding ortho intramolecular Hbond substituents is 4. The van der Waals surface area contributed by atoms with Crippen LogP contribution in [-0.2, 0) is 9.59 Å². The van der Waals surface area contributed by atoms with Crippen LogP contribution in [0, 0.1) is 22.7 Å². The molecule has 0 aliphatic heterocycles. The molecule has 0 spiro atoms. The fourth-order valence-electron chi connectivity index (χ4n) is 2.43. The van der Waals surface area contributed by atoms with E-state index in [9.17, 15) is 40.5 Å². The van der Waals surface area contributed by atoms with Crippen molar-refractivity contribution in [3.05, 3.63) is 58.7 Å². The topological polar surface area (TPSA) is 187 Å². The molecule has 2 aromatic carbocycles. The van der Waals surface area contributed by atoms with Gasteiger partial charge in [-0.05, 0) is 47.5 Å². The monoisotopic (exact) mass is 434 g/mol. The van der Waals surface area contributed by atoms with E-state index in [1.54, 1.807) is 12.1 Å². The zero-order chi connectivity index (χ0) is 23.7. The second-order valence-corrected chi connectivity index (χ2v) is 6.35. The molecule has 0 aliphatic carbocycles. The second kappa shape index (κ2) is 10.7. The van der Waals surface area contributed by atoms with Gasteiger partial charge in [-0.2, -0.15) is 10.5 Å². The first-order valence-electron chi connectivity index (χ1n) is 9.09. The molecular weight excluding hydrogens is 416 g/mol. The smallest absolute Gasteiger partial charge is 0.262 e. The molecule has 6 N–H and O–H groups in total. The van der Waals surface area contributed by atoms with Crippen molar-refractivity contribution in [2.75, 3.05) is 13.1 Å². The van der Waals surface area contributed by atoms with Crippen molar-refractivity contribution in [3.63, 3.8) is 0 Å². The number of carbonyl (C=O) groups is 2. The van der Waals surface area contributed by atoms with Crippen molar-refractivity contribution in [1.82, 2.24) is 10.6 Å². The SMILES string of the molecule is N#C/C(=C/c1ccc(O)c(O)c1)C(=O)NCCNC(=O)/C(C#N)=C\c1ccc(O)c(O)c1. The van der Waals surface area contributed by atoms with E-state index in [0.717, 1.165) is 0 Å². The van der Waals surface area contributed by atoms with Crippen LogP contribution in [0.1, 0.15) is 11.1 Å². The van der Waals surface area contributed by atoms with Crippen LogP contribution in [-0.4, -0.2) is 45.3 Å². The maximum atomic E-state index is 12.1. The molecule has 32 heavy (non-hydrogen) atoms. The predicted molar refractivity (Wildman–Crippen MR) is 113 cm³/mol. The molecule has 2 amide bonds. The highest BCUT2D eigenvalue weighted by atomic mass is 16.3. The molecule has 2 rings (SSSR count). The predicted octanol–water partition coefficient (Wildman–Crippen LogP) is 1.26. The Hall–Kier alpha value is -4.96. The lowest BCUT2D eigenvalue weighted by molar-refractivity contribution is -0.118. The molecule has 0 radical (unpaired) electrons. The minimum absolute atomic E-state index is 0.0386. The van der Waals surface area contributed by atoms with Gasteiger partial charge in [0.2, 0.25) is 0 Å². The van der Waals surface area contributed by atoms with E-state index in [1.165, 1.54) is 48.6 Å². The van der Waals surface area contributed by atoms with Gasteiger partial charge >= 0.3 is 0 Å². The number of nitrogens with zero attached hydrogens (tertiary/aromatic N) is 2. The van der Waals surface area contributed by atoms with Gasteiger partial charge in [0.15, 0.2) is 23.0 Å². The van der Waals surface area contributed by atoms with Gasteiger partial charge in [0, 0.05) is 13.1 Å². The summed E-state index contributed by atoms with van der Waals surface area (Å²) in [5, 5.41) is 60.8. The van der Waals surface area contributed by atoms with Crippen LogP contribution < -0.4 is 10.6 Å². The van der Waals surface area contributed by atoms with Crippen LogP contribution in [0.5, 0.6) is 23.0 Å². The molecule has 0 aromatic heterocycles. The number of benzene rings is 2. The zero-order valence-electron chi connectivity index (χ0n) is 16.5. The van der Waals surface area contributed by atoms with Crippen LogP contribution in [0.3, 0.4) is 0 Å². The van der Waals surface area contributed by atoms with Crippen molar-refractivity contribution >= 4 is 24.0 Å². The number of hydrogen-bond donors (Lipinski definition) is 6. The van der Waals surface area contributed by atoms with Crippen molar-refractivity contribution in [2.45, 2.75) is 0 Å². The molecule has 0 saturated heterocycles. The van der Waals surface area contributed by atoms with Gasteiger partial charge < -0.3 is 31.1 Å². The van der Waals surface area contributed by atoms with Crippen LogP contribution in [0.25, 0.3) is 12.2 Å². The van der Waals surface area contributed by atoms with Crippen LogP contribution in [0.15, 0.2) is 47.5 Å². The summed E-state index contributed by atoms with van der Waals surface area (Å²) in [7, 11) is 0. The molecule has 0 heterocycles. The van der Waals surface area contributed by atoms with Crippen molar-refractivity contribution < 1.29 is 30.0 Å². The highest BCUT2D eigenvalue weighted by Crippen LogP contribution is 2.26. The summed E-state index contributed by atoms with van der Waals surface area (Å²) in [6.45, 7) is -0.0771. The van der Waals surface area contributed by atoms with Crippen molar-refractivity contribution in [3.8, 4) is 35.1 Å². The Kier molecular flexibility index (Phi) is 7.81. The maximum Gasteiger partial charge on any atom is 0.262 e. The molecule has 0 unspecified atom stereocenters. The Labute approximate surface area is 182 Å². The molecule has 0 fully saturated rings. The van der Waals surface area contributed by atoms with Crippen LogP contribution in [0.4, 0.5) is 0 Å². The molecule has 162 valence electrons. The summed E-state index contributed by atoms with van der Waals surface area (Å²) in [6, 6.07) is 11.1. The minimum atomic E-state index is -0.718. The summed E-state index contributed by atoms with van der Waals surface area (Å²) in [6.07, 6.45) is 2.44. The molecule has 0 saturated carbocycles. The van der Waals surface area contributed by atoms with Crippen molar-refractivity contribution in [1.29, 1.82) is 10.5 Å². The minimum Gasteiger partial charge on any atom is -0.504 e. The first-order valence-corrected chi connectivity index (χ1v) is 9.09. The van der Waals surface area contributed by atoms with E-state index in [1.807, 2.05) is 0 Å². The van der Waals surface area contributed by atoms with E-state index in [-0.39, 0.29) is 35.7 Å². The normalized spacial score (nSPS) is 11.2. The third-order valence-corrected chi connectivity index (χ3v) is 4.05. The van der Waals surface area contributed by atoms with Crippen molar-refractivity contribution in [2.24, 2.45) is 0 Å². The quantitative estimate of drug-likeness (QED) is 0.163. The highest BCUT2D eigenvalue weighted by Gasteiger charge is 2.12. The standard InChI is InChI=1S/C22H18N4O6/c23-11-15(7-13-1-3-17(27)19(29)9-13)21(31)25-5-6-26-22(32)16(12-24)8-14-2-4-18(28)20(30)10-14/h1-4,7-10,27-30H,5-6H2,(H,25,31)(H,26,32)/b15-7-,16-8-. The Morgan fingerprint density at radius 1 is 0.719 bits per heavy atom. The fourth-order valence-corrected chi connectivity index (χ4v) is 2.43. The lowest BCUT2D eigenvalue weighted by Crippen LogP contribution is -2.35. The van der Waals surface area contributed by atoms with Gasteiger partial charge in [-0.1, -0.05) is 12.1 Å². The molecule has 0 bridgehead atoms. The van der Waals surface area contributed by atoms with Crippen LogP contribution >= 0.6 is 0 Å². The van der Waals surface area contributed by atoms with E-state index in [4.69, 9.17) is 0 Å². The molecular formula is C22H18N4O6. The number of amides is 2. The average molecular weight is 434 g/mol. The van der Waals surface area contributed by atoms with E-state index in [0.29, 0.717) is 11.1 Å². The number of rotatable bonds is 7. The fraction of sp³-hybridized carbons (Fsp3) is 0.0909. The van der Waals surface area contributed by atoms with Gasteiger partial charge in [0.1, 0.15) is 23.3 Å². The molecule has 0 aliphatic rings. The second-order valence-electron chi connectivity index (χ2n) is 6.35. The Morgan fingerprint density at radius 3 is 1.41 bits per heavy atom. The number of phenols is 4. The first-order chi connectivity index (χ1) is 15.2. The van der Waals surface area contributed by atoms with E-state index >= 15 is 0 Å². The number of hydrogen-bond acceptors (Lipinski definition) is 8. The molecule has 10 nitrogen and oxygen atoms in total. The summed E-state index contributed by atoms with van der Waals surface area (Å²) in [5.41, 5.74) is 0.131. The summed E-state index contributed by atoms with van der Waals surface area (Å²) >= 11 is 0. The highest BCUT2D eigenvalue weighted by molar-refractivity contribution is 6.02. The summed E-state index contributed by atoms with van der Waals surface area (Å²) in [4.78, 5) is 24.3. The third kappa shape index (κ3) is 6.27. The Balaban J connectivity index is 1.93. The molecule has 0 atom stereocenters. The summed E-state index contributed by atoms with van der Waals surface area (Å²) in [5.74, 6) is -2.91. The molecule has 10 heteroatoms. The van der Waals surface area contributed by atoms with Crippen LogP contribution in [0.2, 0.25) is 0 Å². The van der Waals surface area contributed by atoms with E-state index < -0.39 is 23.3 Å². The van der Waals surface area contributed by atoms with Gasteiger partial charge in [-0.25, -0.2) is 0 Å². The molecule has 2 aromatic rings. The summed E-state index contributed by atoms with van der Waals surface area (Å²) < 4.78 is 0. The maximum absolute atomic E-state index is 12.1.